The van der Waals surface area contributed by atoms with E-state index >= 15 is 0 Å². The predicted octanol–water partition coefficient (Wildman–Crippen LogP) is 3.20. The van der Waals surface area contributed by atoms with Gasteiger partial charge in [0.25, 0.3) is 0 Å². The number of carbonyl (C=O) groups is 1. The lowest BCUT2D eigenvalue weighted by Gasteiger charge is -2.06. The fourth-order valence-electron chi connectivity index (χ4n) is 0.944. The minimum Gasteiger partial charge on any atom is -0.303 e. The van der Waals surface area contributed by atoms with Crippen molar-refractivity contribution in [3.63, 3.8) is 0 Å². The van der Waals surface area contributed by atoms with E-state index < -0.39 is 0 Å². The highest BCUT2D eigenvalue weighted by atomic mass is 127. The fraction of sp³-hybridized carbons (Fsp3) is 0.222. The van der Waals surface area contributed by atoms with Gasteiger partial charge in [-0.05, 0) is 62.9 Å². The van der Waals surface area contributed by atoms with Crippen molar-refractivity contribution < 1.29 is 4.79 Å². The van der Waals surface area contributed by atoms with E-state index in [1.807, 2.05) is 19.1 Å². The predicted molar refractivity (Wildman–Crippen MR) is 66.4 cm³/mol. The van der Waals surface area contributed by atoms with Crippen molar-refractivity contribution in [3.8, 4) is 0 Å². The number of aldehydes is 1. The van der Waals surface area contributed by atoms with Gasteiger partial charge in [-0.1, -0.05) is 13.0 Å². The summed E-state index contributed by atoms with van der Waals surface area (Å²) in [7, 11) is 0. The van der Waals surface area contributed by atoms with Crippen LogP contribution in [0, 0.1) is 7.14 Å². The maximum atomic E-state index is 10.5. The number of hydrogen-bond donors (Lipinski definition) is 0. The average Bonchev–Trinajstić information content (AvgIpc) is 2.03. The van der Waals surface area contributed by atoms with Gasteiger partial charge in [-0.15, -0.1) is 0 Å². The van der Waals surface area contributed by atoms with Gasteiger partial charge in [-0.3, -0.25) is 0 Å². The molecule has 0 aromatic heterocycles. The molecule has 0 saturated heterocycles. The molecule has 3 heteroatoms. The Kier molecular flexibility index (Phi) is 3.95. The number of rotatable bonds is 2. The number of carbonyl (C=O) groups excluding carboxylic acids is 1. The fourth-order valence-corrected chi connectivity index (χ4v) is 3.04. The van der Waals surface area contributed by atoms with Gasteiger partial charge in [0.2, 0.25) is 0 Å². The lowest BCUT2D eigenvalue weighted by atomic mass is 10.0. The molecule has 1 unspecified atom stereocenters. The van der Waals surface area contributed by atoms with Crippen molar-refractivity contribution in [2.24, 2.45) is 0 Å². The van der Waals surface area contributed by atoms with E-state index in [2.05, 4.69) is 51.2 Å². The molecule has 12 heavy (non-hydrogen) atoms. The molecule has 1 nitrogen and oxygen atoms in total. The Morgan fingerprint density at radius 3 is 2.58 bits per heavy atom. The molecule has 0 aliphatic heterocycles. The Bertz CT molecular complexity index is 297. The van der Waals surface area contributed by atoms with E-state index in [1.165, 1.54) is 7.14 Å². The molecule has 1 rings (SSSR count). The van der Waals surface area contributed by atoms with Crippen LogP contribution in [0.2, 0.25) is 0 Å². The molecule has 64 valence electrons. The molecule has 0 N–H and O–H groups in total. The van der Waals surface area contributed by atoms with Crippen LogP contribution in [0.3, 0.4) is 0 Å². The molecule has 0 aliphatic rings. The van der Waals surface area contributed by atoms with Gasteiger partial charge < -0.3 is 4.79 Å². The van der Waals surface area contributed by atoms with Crippen molar-refractivity contribution in [1.29, 1.82) is 0 Å². The van der Waals surface area contributed by atoms with Gasteiger partial charge >= 0.3 is 0 Å². The molecule has 0 radical (unpaired) electrons. The minimum atomic E-state index is 0.00824. The molecule has 0 amide bonds. The lowest BCUT2D eigenvalue weighted by Crippen LogP contribution is -1.97. The third kappa shape index (κ3) is 2.42. The van der Waals surface area contributed by atoms with E-state index in [9.17, 15) is 4.79 Å². The average molecular weight is 386 g/mol. The van der Waals surface area contributed by atoms with Crippen LogP contribution < -0.4 is 0 Å². The maximum Gasteiger partial charge on any atom is 0.127 e. The quantitative estimate of drug-likeness (QED) is 0.564. The molecule has 0 fully saturated rings. The van der Waals surface area contributed by atoms with Crippen LogP contribution in [0.1, 0.15) is 18.4 Å². The van der Waals surface area contributed by atoms with Crippen molar-refractivity contribution in [3.05, 3.63) is 30.9 Å². The molecule has 0 aliphatic carbocycles. The largest absolute Gasteiger partial charge is 0.303 e. The Morgan fingerprint density at radius 1 is 1.42 bits per heavy atom. The topological polar surface area (TPSA) is 17.1 Å². The summed E-state index contributed by atoms with van der Waals surface area (Å²) in [5, 5.41) is 0. The first kappa shape index (κ1) is 10.4. The lowest BCUT2D eigenvalue weighted by molar-refractivity contribution is -0.108. The minimum absolute atomic E-state index is 0.00824. The molecule has 0 bridgehead atoms. The number of hydrogen-bond acceptors (Lipinski definition) is 1. The van der Waals surface area contributed by atoms with Crippen molar-refractivity contribution in [2.45, 2.75) is 12.8 Å². The first-order chi connectivity index (χ1) is 5.65. The summed E-state index contributed by atoms with van der Waals surface area (Å²) in [5.41, 5.74) is 1.12. The van der Waals surface area contributed by atoms with Crippen molar-refractivity contribution in [2.75, 3.05) is 0 Å². The van der Waals surface area contributed by atoms with Crippen LogP contribution in [0.15, 0.2) is 18.2 Å². The number of halogens is 2. The Morgan fingerprint density at radius 2 is 2.08 bits per heavy atom. The molecule has 1 atom stereocenters. The van der Waals surface area contributed by atoms with E-state index in [0.717, 1.165) is 11.8 Å². The van der Waals surface area contributed by atoms with Gasteiger partial charge in [0, 0.05) is 13.1 Å². The molecule has 0 saturated carbocycles. The smallest absolute Gasteiger partial charge is 0.127 e. The SMILES string of the molecule is CC(C=O)c1ccc(I)cc1I. The van der Waals surface area contributed by atoms with Gasteiger partial charge in [-0.25, -0.2) is 0 Å². The third-order valence-electron chi connectivity index (χ3n) is 1.66. The van der Waals surface area contributed by atoms with Crippen LogP contribution >= 0.6 is 45.2 Å². The van der Waals surface area contributed by atoms with E-state index in [0.29, 0.717) is 0 Å². The maximum absolute atomic E-state index is 10.5. The summed E-state index contributed by atoms with van der Waals surface area (Å²) < 4.78 is 2.37. The van der Waals surface area contributed by atoms with Gasteiger partial charge in [0.05, 0.1) is 0 Å². The van der Waals surface area contributed by atoms with Crippen LogP contribution in [0.5, 0.6) is 0 Å². The van der Waals surface area contributed by atoms with E-state index in [1.54, 1.807) is 0 Å². The van der Waals surface area contributed by atoms with Gasteiger partial charge in [0.15, 0.2) is 0 Å². The zero-order chi connectivity index (χ0) is 9.14. The summed E-state index contributed by atoms with van der Waals surface area (Å²) in [5.74, 6) is 0.00824. The molecular formula is C9H8I2O. The Labute approximate surface area is 99.2 Å². The first-order valence-corrected chi connectivity index (χ1v) is 5.71. The molecule has 0 spiro atoms. The molecule has 1 aromatic rings. The summed E-state index contributed by atoms with van der Waals surface area (Å²) >= 11 is 4.53. The Balaban J connectivity index is 3.09. The highest BCUT2D eigenvalue weighted by molar-refractivity contribution is 14.1. The van der Waals surface area contributed by atoms with Crippen molar-refractivity contribution >= 4 is 51.5 Å². The second kappa shape index (κ2) is 4.55. The number of benzene rings is 1. The van der Waals surface area contributed by atoms with Crippen LogP contribution in [0.4, 0.5) is 0 Å². The van der Waals surface area contributed by atoms with Gasteiger partial charge in [-0.2, -0.15) is 0 Å². The summed E-state index contributed by atoms with van der Waals surface area (Å²) in [4.78, 5) is 10.5. The summed E-state index contributed by atoms with van der Waals surface area (Å²) in [6.45, 7) is 1.91. The molecule has 0 heterocycles. The van der Waals surface area contributed by atoms with Crippen LogP contribution in [0.25, 0.3) is 0 Å². The third-order valence-corrected chi connectivity index (χ3v) is 3.26. The monoisotopic (exact) mass is 386 g/mol. The normalized spacial score (nSPS) is 12.6. The van der Waals surface area contributed by atoms with Gasteiger partial charge in [0.1, 0.15) is 6.29 Å². The zero-order valence-corrected chi connectivity index (χ0v) is 10.9. The van der Waals surface area contributed by atoms with Crippen LogP contribution in [-0.4, -0.2) is 6.29 Å². The standard InChI is InChI=1S/C9H8I2O/c1-6(5-12)8-3-2-7(10)4-9(8)11/h2-6H,1H3. The first-order valence-electron chi connectivity index (χ1n) is 3.55. The highest BCUT2D eigenvalue weighted by Gasteiger charge is 2.07. The second-order valence-electron chi connectivity index (χ2n) is 2.59. The molecule has 1 aromatic carbocycles. The van der Waals surface area contributed by atoms with E-state index in [-0.39, 0.29) is 5.92 Å². The Hall–Kier alpha value is 0.350. The van der Waals surface area contributed by atoms with Crippen LogP contribution in [-0.2, 0) is 4.79 Å². The summed E-state index contributed by atoms with van der Waals surface area (Å²) in [6.07, 6.45) is 0.977. The highest BCUT2D eigenvalue weighted by Crippen LogP contribution is 2.22. The molecular weight excluding hydrogens is 378 g/mol. The van der Waals surface area contributed by atoms with E-state index in [4.69, 9.17) is 0 Å². The summed E-state index contributed by atoms with van der Waals surface area (Å²) in [6, 6.07) is 6.12. The second-order valence-corrected chi connectivity index (χ2v) is 5.00. The van der Waals surface area contributed by atoms with Crippen molar-refractivity contribution in [1.82, 2.24) is 0 Å². The zero-order valence-electron chi connectivity index (χ0n) is 6.55.